The maximum Gasteiger partial charge on any atom is 0.251 e. The van der Waals surface area contributed by atoms with E-state index in [1.54, 1.807) is 0 Å². The van der Waals surface area contributed by atoms with Gasteiger partial charge in [0, 0.05) is 32.2 Å². The van der Waals surface area contributed by atoms with Crippen LogP contribution in [0.15, 0.2) is 4.99 Å². The van der Waals surface area contributed by atoms with Gasteiger partial charge in [-0.3, -0.25) is 4.90 Å². The van der Waals surface area contributed by atoms with E-state index in [1.807, 2.05) is 23.4 Å². The molecule has 1 aromatic heterocycles. The fraction of sp³-hybridized carbons (Fsp3) is 0.842. The maximum absolute atomic E-state index is 12.6. The second-order valence-electron chi connectivity index (χ2n) is 7.98. The summed E-state index contributed by atoms with van der Waals surface area (Å²) in [6, 6.07) is 0.699. The Morgan fingerprint density at radius 1 is 1.07 bits per heavy atom. The molecule has 158 valence electrons. The van der Waals surface area contributed by atoms with E-state index >= 15 is 0 Å². The molecule has 2 heterocycles. The number of hydrogen-bond donors (Lipinski definition) is 2. The third-order valence-corrected chi connectivity index (χ3v) is 5.83. The Morgan fingerprint density at radius 3 is 2.29 bits per heavy atom. The molecule has 2 fully saturated rings. The van der Waals surface area contributed by atoms with E-state index in [4.69, 9.17) is 4.99 Å². The van der Waals surface area contributed by atoms with Crippen molar-refractivity contribution in [2.45, 2.75) is 76.9 Å². The zero-order valence-electron chi connectivity index (χ0n) is 17.0. The molecule has 2 N–H and O–H groups in total. The first-order chi connectivity index (χ1) is 13.5. The molecule has 1 aliphatic heterocycles. The number of piperidine rings is 1. The van der Waals surface area contributed by atoms with Gasteiger partial charge in [-0.1, -0.05) is 19.3 Å². The molecular formula is C19H33F2N7. The fourth-order valence-electron chi connectivity index (χ4n) is 3.96. The van der Waals surface area contributed by atoms with Crippen molar-refractivity contribution in [3.8, 4) is 0 Å². The molecule has 2 aliphatic rings. The number of halogens is 2. The van der Waals surface area contributed by atoms with Crippen molar-refractivity contribution in [3.63, 3.8) is 0 Å². The standard InChI is InChI=1S/C19H33F2N7/c1-14-25-26-18(27(14)2)12-22-19(23-15-6-4-3-5-7-15)24-16-8-10-28(11-9-16)13-17(20)21/h15-17H,3-13H2,1-2H3,(H2,22,23,24). The van der Waals surface area contributed by atoms with Gasteiger partial charge in [0.2, 0.25) is 0 Å². The summed E-state index contributed by atoms with van der Waals surface area (Å²) in [6.45, 7) is 3.65. The number of aromatic nitrogens is 3. The molecule has 1 aromatic rings. The summed E-state index contributed by atoms with van der Waals surface area (Å²) < 4.78 is 27.1. The number of rotatable bonds is 6. The van der Waals surface area contributed by atoms with Crippen molar-refractivity contribution in [3.05, 3.63) is 11.6 Å². The predicted molar refractivity (Wildman–Crippen MR) is 105 cm³/mol. The minimum atomic E-state index is -2.26. The van der Waals surface area contributed by atoms with Crippen LogP contribution >= 0.6 is 0 Å². The Hall–Kier alpha value is -1.77. The summed E-state index contributed by atoms with van der Waals surface area (Å²) in [4.78, 5) is 6.61. The second kappa shape index (κ2) is 10.1. The molecule has 9 heteroatoms. The van der Waals surface area contributed by atoms with Crippen LogP contribution in [0.2, 0.25) is 0 Å². The fourth-order valence-corrected chi connectivity index (χ4v) is 3.96. The van der Waals surface area contributed by atoms with Gasteiger partial charge in [-0.2, -0.15) is 0 Å². The molecule has 0 bridgehead atoms. The molecule has 7 nitrogen and oxygen atoms in total. The van der Waals surface area contributed by atoms with Crippen molar-refractivity contribution >= 4 is 5.96 Å². The molecule has 0 spiro atoms. The molecule has 3 rings (SSSR count). The summed E-state index contributed by atoms with van der Waals surface area (Å²) in [7, 11) is 1.95. The summed E-state index contributed by atoms with van der Waals surface area (Å²) in [6.07, 6.45) is 5.57. The van der Waals surface area contributed by atoms with Crippen LogP contribution in [0.25, 0.3) is 0 Å². The first-order valence-corrected chi connectivity index (χ1v) is 10.4. The summed E-state index contributed by atoms with van der Waals surface area (Å²) in [5, 5.41) is 15.4. The first-order valence-electron chi connectivity index (χ1n) is 10.4. The van der Waals surface area contributed by atoms with E-state index in [-0.39, 0.29) is 12.6 Å². The number of nitrogens with one attached hydrogen (secondary N) is 2. The van der Waals surface area contributed by atoms with Crippen molar-refractivity contribution in [1.29, 1.82) is 0 Å². The van der Waals surface area contributed by atoms with Gasteiger partial charge in [0.1, 0.15) is 12.4 Å². The zero-order chi connectivity index (χ0) is 19.9. The molecule has 1 saturated heterocycles. The Morgan fingerprint density at radius 2 is 1.71 bits per heavy atom. The Labute approximate surface area is 166 Å². The van der Waals surface area contributed by atoms with Gasteiger partial charge in [0.25, 0.3) is 6.43 Å². The van der Waals surface area contributed by atoms with E-state index in [0.29, 0.717) is 25.7 Å². The van der Waals surface area contributed by atoms with Crippen LogP contribution in [0.4, 0.5) is 8.78 Å². The summed E-state index contributed by atoms with van der Waals surface area (Å²) in [5.41, 5.74) is 0. The molecule has 28 heavy (non-hydrogen) atoms. The molecule has 1 aliphatic carbocycles. The lowest BCUT2D eigenvalue weighted by Crippen LogP contribution is -2.51. The molecule has 0 amide bonds. The summed E-state index contributed by atoms with van der Waals surface area (Å²) in [5.74, 6) is 2.50. The second-order valence-corrected chi connectivity index (χ2v) is 7.98. The van der Waals surface area contributed by atoms with E-state index in [1.165, 1.54) is 19.3 Å². The van der Waals surface area contributed by atoms with Crippen LogP contribution in [0.5, 0.6) is 0 Å². The smallest absolute Gasteiger partial charge is 0.251 e. The molecule has 0 radical (unpaired) electrons. The predicted octanol–water partition coefficient (Wildman–Crippen LogP) is 2.22. The largest absolute Gasteiger partial charge is 0.354 e. The number of likely N-dealkylation sites (tertiary alicyclic amines) is 1. The van der Waals surface area contributed by atoms with Crippen LogP contribution in [0.1, 0.15) is 56.6 Å². The number of alkyl halides is 2. The van der Waals surface area contributed by atoms with Crippen molar-refractivity contribution < 1.29 is 8.78 Å². The van der Waals surface area contributed by atoms with Gasteiger partial charge in [-0.05, 0) is 32.6 Å². The van der Waals surface area contributed by atoms with Crippen LogP contribution in [0, 0.1) is 6.92 Å². The Balaban J connectivity index is 1.59. The lowest BCUT2D eigenvalue weighted by Gasteiger charge is -2.34. The average Bonchev–Trinajstić information content (AvgIpc) is 3.00. The highest BCUT2D eigenvalue weighted by atomic mass is 19.3. The van der Waals surface area contributed by atoms with Gasteiger partial charge >= 0.3 is 0 Å². The number of guanidine groups is 1. The highest BCUT2D eigenvalue weighted by Gasteiger charge is 2.23. The Kier molecular flexibility index (Phi) is 7.58. The highest BCUT2D eigenvalue weighted by molar-refractivity contribution is 5.80. The minimum Gasteiger partial charge on any atom is -0.354 e. The Bertz CT molecular complexity index is 632. The minimum absolute atomic E-state index is 0.125. The average molecular weight is 398 g/mol. The van der Waals surface area contributed by atoms with Crippen molar-refractivity contribution in [2.24, 2.45) is 12.0 Å². The lowest BCUT2D eigenvalue weighted by atomic mass is 9.95. The van der Waals surface area contributed by atoms with Crippen molar-refractivity contribution in [1.82, 2.24) is 30.3 Å². The third kappa shape index (κ3) is 6.12. The first kappa shape index (κ1) is 21.0. The number of nitrogens with zero attached hydrogens (tertiary/aromatic N) is 5. The quantitative estimate of drug-likeness (QED) is 0.569. The van der Waals surface area contributed by atoms with Crippen LogP contribution in [-0.2, 0) is 13.6 Å². The monoisotopic (exact) mass is 397 g/mol. The number of aryl methyl sites for hydroxylation is 1. The molecule has 0 aromatic carbocycles. The highest BCUT2D eigenvalue weighted by Crippen LogP contribution is 2.18. The van der Waals surface area contributed by atoms with Gasteiger partial charge in [-0.25, -0.2) is 13.8 Å². The number of aliphatic imine (C=N–C) groups is 1. The van der Waals surface area contributed by atoms with E-state index < -0.39 is 6.43 Å². The maximum atomic E-state index is 12.6. The van der Waals surface area contributed by atoms with Crippen LogP contribution in [-0.4, -0.2) is 63.8 Å². The van der Waals surface area contributed by atoms with Crippen LogP contribution in [0.3, 0.4) is 0 Å². The van der Waals surface area contributed by atoms with Gasteiger partial charge in [0.05, 0.1) is 6.54 Å². The molecule has 1 saturated carbocycles. The van der Waals surface area contributed by atoms with Crippen LogP contribution < -0.4 is 10.6 Å². The topological polar surface area (TPSA) is 70.4 Å². The van der Waals surface area contributed by atoms with Gasteiger partial charge < -0.3 is 15.2 Å². The van der Waals surface area contributed by atoms with Gasteiger partial charge in [-0.15, -0.1) is 10.2 Å². The zero-order valence-corrected chi connectivity index (χ0v) is 17.0. The van der Waals surface area contributed by atoms with E-state index in [2.05, 4.69) is 20.8 Å². The van der Waals surface area contributed by atoms with Crippen molar-refractivity contribution in [2.75, 3.05) is 19.6 Å². The van der Waals surface area contributed by atoms with E-state index in [0.717, 1.165) is 43.3 Å². The van der Waals surface area contributed by atoms with E-state index in [9.17, 15) is 8.78 Å². The molecular weight excluding hydrogens is 364 g/mol. The summed E-state index contributed by atoms with van der Waals surface area (Å²) >= 11 is 0. The molecule has 0 atom stereocenters. The third-order valence-electron chi connectivity index (χ3n) is 5.83. The molecule has 0 unspecified atom stereocenters. The number of hydrogen-bond acceptors (Lipinski definition) is 4. The normalized spacial score (nSPS) is 20.7. The SMILES string of the molecule is Cc1nnc(CN=C(NC2CCCCC2)NC2CCN(CC(F)F)CC2)n1C. The lowest BCUT2D eigenvalue weighted by molar-refractivity contribution is 0.0744. The van der Waals surface area contributed by atoms with Gasteiger partial charge in [0.15, 0.2) is 11.8 Å².